The first kappa shape index (κ1) is 9.86. The van der Waals surface area contributed by atoms with Gasteiger partial charge in [-0.3, -0.25) is 6.29 Å². The van der Waals surface area contributed by atoms with E-state index >= 15 is 0 Å². The van der Waals surface area contributed by atoms with Gasteiger partial charge in [-0.2, -0.15) is 0 Å². The van der Waals surface area contributed by atoms with Gasteiger partial charge in [0.15, 0.2) is 0 Å². The number of carbonyl (C=O) groups excluding carboxylic acids is 1. The van der Waals surface area contributed by atoms with E-state index < -0.39 is 0 Å². The first-order valence-corrected chi connectivity index (χ1v) is 4.23. The molecule has 11 heavy (non-hydrogen) atoms. The summed E-state index contributed by atoms with van der Waals surface area (Å²) in [5, 5.41) is 0. The minimum atomic E-state index is 0. The molecule has 3 rings (SSSR count). The molecule has 0 N–H and O–H groups in total. The van der Waals surface area contributed by atoms with Crippen LogP contribution in [0.3, 0.4) is 0 Å². The van der Waals surface area contributed by atoms with E-state index in [-0.39, 0.29) is 32.7 Å². The van der Waals surface area contributed by atoms with Gasteiger partial charge in [0.1, 0.15) is 0 Å². The fourth-order valence-electron chi connectivity index (χ4n) is 2.58. The molecular weight excluding hydrogens is 213 g/mol. The monoisotopic (exact) mass is 226 g/mol. The molecule has 0 heterocycles. The van der Waals surface area contributed by atoms with Crippen LogP contribution in [-0.2, 0) is 37.5 Å². The fraction of sp³-hybridized carbons (Fsp3) is 0.889. The van der Waals surface area contributed by atoms with Gasteiger partial charge in [0.25, 0.3) is 0 Å². The molecule has 0 unspecified atom stereocenters. The number of fused-ring (bicyclic) bond motifs is 2. The molecule has 59 valence electrons. The van der Waals surface area contributed by atoms with Crippen LogP contribution in [0, 0.1) is 17.8 Å². The maximum absolute atomic E-state index is 10.1. The van der Waals surface area contributed by atoms with Gasteiger partial charge in [0, 0.05) is 32.7 Å². The van der Waals surface area contributed by atoms with Crippen molar-refractivity contribution in [1.29, 1.82) is 0 Å². The van der Waals surface area contributed by atoms with E-state index in [2.05, 4.69) is 0 Å². The number of hydrogen-bond donors (Lipinski definition) is 0. The Morgan fingerprint density at radius 3 is 2.09 bits per heavy atom. The summed E-state index contributed by atoms with van der Waals surface area (Å²) in [4.78, 5) is 10.1. The van der Waals surface area contributed by atoms with Crippen LogP contribution in [-0.4, -0.2) is 6.29 Å². The van der Waals surface area contributed by atoms with Crippen molar-refractivity contribution >= 4 is 6.29 Å². The molecule has 0 aromatic heterocycles. The molecule has 0 atom stereocenters. The van der Waals surface area contributed by atoms with Gasteiger partial charge in [-0.05, 0) is 37.5 Å². The van der Waals surface area contributed by atoms with Gasteiger partial charge >= 0.3 is 0 Å². The van der Waals surface area contributed by atoms with Crippen LogP contribution in [0.2, 0.25) is 0 Å². The topological polar surface area (TPSA) is 17.1 Å². The molecule has 0 aliphatic heterocycles. The minimum Gasteiger partial charge on any atom is -0.542 e. The van der Waals surface area contributed by atoms with E-state index in [4.69, 9.17) is 0 Å². The average molecular weight is 226 g/mol. The molecule has 3 saturated carbocycles. The summed E-state index contributed by atoms with van der Waals surface area (Å²) in [5.41, 5.74) is 0. The van der Waals surface area contributed by atoms with E-state index in [1.165, 1.54) is 25.7 Å². The van der Waals surface area contributed by atoms with Crippen molar-refractivity contribution in [2.45, 2.75) is 32.1 Å². The largest absolute Gasteiger partial charge is 0.542 e. The average Bonchev–Trinajstić information content (AvgIpc) is 1.87. The Hall–Kier alpha value is 0.774. The molecule has 0 saturated heterocycles. The Morgan fingerprint density at radius 2 is 1.64 bits per heavy atom. The van der Waals surface area contributed by atoms with Crippen LogP contribution in [0.5, 0.6) is 0 Å². The van der Waals surface area contributed by atoms with Crippen LogP contribution in [0.25, 0.3) is 0 Å². The first-order valence-electron chi connectivity index (χ1n) is 4.23. The van der Waals surface area contributed by atoms with Crippen LogP contribution in [0.4, 0.5) is 0 Å². The predicted octanol–water partition coefficient (Wildman–Crippen LogP) is 1.92. The van der Waals surface area contributed by atoms with Crippen LogP contribution >= 0.6 is 0 Å². The van der Waals surface area contributed by atoms with Gasteiger partial charge in [-0.25, -0.2) is 0 Å². The Balaban J connectivity index is 0.000000605. The van der Waals surface area contributed by atoms with Gasteiger partial charge in [-0.1, -0.05) is 5.92 Å². The third-order valence-electron chi connectivity index (χ3n) is 3.04. The molecule has 0 aromatic rings. The SMILES string of the molecule is O=[C-]CC1CC2CC(C1)C2.[Y]. The second-order valence-corrected chi connectivity index (χ2v) is 3.89. The molecule has 0 amide bonds. The zero-order valence-electron chi connectivity index (χ0n) is 6.75. The Kier molecular flexibility index (Phi) is 3.71. The third kappa shape index (κ3) is 2.12. The number of hydrogen-bond acceptors (Lipinski definition) is 1. The van der Waals surface area contributed by atoms with E-state index in [0.29, 0.717) is 12.3 Å². The molecule has 1 radical (unpaired) electrons. The summed E-state index contributed by atoms with van der Waals surface area (Å²) in [6.45, 7) is 0. The molecule has 3 aliphatic rings. The summed E-state index contributed by atoms with van der Waals surface area (Å²) in [6.07, 6.45) is 8.26. The summed E-state index contributed by atoms with van der Waals surface area (Å²) >= 11 is 0. The first-order chi connectivity index (χ1) is 4.88. The second-order valence-electron chi connectivity index (χ2n) is 3.89. The van der Waals surface area contributed by atoms with Crippen molar-refractivity contribution in [3.05, 3.63) is 0 Å². The fourth-order valence-corrected chi connectivity index (χ4v) is 2.58. The number of rotatable bonds is 2. The summed E-state index contributed by atoms with van der Waals surface area (Å²) in [5.74, 6) is 2.67. The van der Waals surface area contributed by atoms with Crippen molar-refractivity contribution in [2.75, 3.05) is 0 Å². The molecule has 3 aliphatic carbocycles. The molecule has 0 aromatic carbocycles. The van der Waals surface area contributed by atoms with Crippen LogP contribution in [0.15, 0.2) is 0 Å². The maximum atomic E-state index is 10.1. The summed E-state index contributed by atoms with van der Waals surface area (Å²) < 4.78 is 0. The zero-order valence-corrected chi connectivity index (χ0v) is 9.59. The zero-order chi connectivity index (χ0) is 6.97. The van der Waals surface area contributed by atoms with Crippen molar-refractivity contribution in [2.24, 2.45) is 17.8 Å². The smallest absolute Gasteiger partial charge is 0 e. The Morgan fingerprint density at radius 1 is 1.09 bits per heavy atom. The van der Waals surface area contributed by atoms with E-state index in [0.717, 1.165) is 11.8 Å². The van der Waals surface area contributed by atoms with E-state index in [1.54, 1.807) is 0 Å². The molecule has 2 bridgehead atoms. The standard InChI is InChI=1S/C9H13O.Y/c10-2-1-7-3-8-5-9(4-7)6-8;/h7-9H,1,3-6H2;/q-1;. The summed E-state index contributed by atoms with van der Waals surface area (Å²) in [7, 11) is 0. The summed E-state index contributed by atoms with van der Waals surface area (Å²) in [6, 6.07) is 0. The van der Waals surface area contributed by atoms with Gasteiger partial charge < -0.3 is 4.79 Å². The predicted molar refractivity (Wildman–Crippen MR) is 39.2 cm³/mol. The Labute approximate surface area is 93.2 Å². The van der Waals surface area contributed by atoms with Crippen molar-refractivity contribution < 1.29 is 37.5 Å². The molecular formula is C9H13OY-. The molecule has 2 heteroatoms. The molecule has 0 spiro atoms. The van der Waals surface area contributed by atoms with Crippen LogP contribution < -0.4 is 0 Å². The van der Waals surface area contributed by atoms with Gasteiger partial charge in [0.05, 0.1) is 0 Å². The van der Waals surface area contributed by atoms with Crippen molar-refractivity contribution in [3.8, 4) is 0 Å². The normalized spacial score (nSPS) is 40.2. The second kappa shape index (κ2) is 4.14. The van der Waals surface area contributed by atoms with Gasteiger partial charge in [0.2, 0.25) is 0 Å². The molecule has 1 nitrogen and oxygen atoms in total. The minimum absolute atomic E-state index is 0. The Bertz CT molecular complexity index is 130. The van der Waals surface area contributed by atoms with Crippen LogP contribution in [0.1, 0.15) is 32.1 Å². The van der Waals surface area contributed by atoms with E-state index in [9.17, 15) is 4.79 Å². The molecule has 3 fully saturated rings. The van der Waals surface area contributed by atoms with Crippen molar-refractivity contribution in [1.82, 2.24) is 0 Å². The van der Waals surface area contributed by atoms with Crippen molar-refractivity contribution in [3.63, 3.8) is 0 Å². The quantitative estimate of drug-likeness (QED) is 0.657. The van der Waals surface area contributed by atoms with Gasteiger partial charge in [-0.15, -0.1) is 6.42 Å². The van der Waals surface area contributed by atoms with E-state index in [1.807, 2.05) is 6.29 Å². The maximum Gasteiger partial charge on any atom is 0 e. The third-order valence-corrected chi connectivity index (χ3v) is 3.04.